The highest BCUT2D eigenvalue weighted by molar-refractivity contribution is 7.89. The molecule has 0 aliphatic carbocycles. The molecule has 2 aromatic rings. The fraction of sp³-hybridized carbons (Fsp3) is 0.450. The number of methoxy groups -OCH3 is 1. The van der Waals surface area contributed by atoms with Gasteiger partial charge in [-0.2, -0.15) is 4.31 Å². The minimum atomic E-state index is -3.72. The third kappa shape index (κ3) is 3.46. The first-order chi connectivity index (χ1) is 13.9. The Balaban J connectivity index is 1.58. The van der Waals surface area contributed by atoms with Gasteiger partial charge in [-0.3, -0.25) is 4.79 Å². The first-order valence-electron chi connectivity index (χ1n) is 9.52. The van der Waals surface area contributed by atoms with E-state index in [4.69, 9.17) is 9.47 Å². The monoisotopic (exact) mass is 436 g/mol. The molecule has 9 heteroatoms. The summed E-state index contributed by atoms with van der Waals surface area (Å²) in [4.78, 5) is 13.5. The van der Waals surface area contributed by atoms with Gasteiger partial charge in [0.1, 0.15) is 11.4 Å². The summed E-state index contributed by atoms with van der Waals surface area (Å²) < 4.78 is 39.3. The average molecular weight is 437 g/mol. The molecule has 29 heavy (non-hydrogen) atoms. The maximum absolute atomic E-state index is 13.2. The van der Waals surface area contributed by atoms with E-state index < -0.39 is 15.9 Å². The molecule has 0 bridgehead atoms. The van der Waals surface area contributed by atoms with Gasteiger partial charge in [0.05, 0.1) is 24.2 Å². The molecule has 0 saturated carbocycles. The molecule has 4 rings (SSSR count). The smallest absolute Gasteiger partial charge is 0.254 e. The Labute approximate surface area is 174 Å². The summed E-state index contributed by atoms with van der Waals surface area (Å²) in [5, 5.41) is 4.60. The molecule has 0 radical (unpaired) electrons. The van der Waals surface area contributed by atoms with Gasteiger partial charge in [-0.05, 0) is 54.5 Å². The molecule has 3 heterocycles. The van der Waals surface area contributed by atoms with Crippen molar-refractivity contribution in [1.82, 2.24) is 9.62 Å². The lowest BCUT2D eigenvalue weighted by atomic mass is 9.86. The second-order valence-electron chi connectivity index (χ2n) is 7.21. The number of fused-ring (bicyclic) bond motifs is 2. The molecular formula is C20H24N2O5S2. The molecule has 1 N–H and O–H groups in total. The molecule has 1 saturated heterocycles. The highest BCUT2D eigenvalue weighted by atomic mass is 32.2. The molecule has 1 spiro atoms. The van der Waals surface area contributed by atoms with Gasteiger partial charge in [-0.1, -0.05) is 0 Å². The highest BCUT2D eigenvalue weighted by Crippen LogP contribution is 2.44. The fourth-order valence-electron chi connectivity index (χ4n) is 4.12. The maximum atomic E-state index is 13.2. The van der Waals surface area contributed by atoms with Gasteiger partial charge < -0.3 is 14.8 Å². The number of rotatable bonds is 4. The van der Waals surface area contributed by atoms with Crippen molar-refractivity contribution in [3.8, 4) is 5.75 Å². The van der Waals surface area contributed by atoms with Crippen LogP contribution in [0.1, 0.15) is 33.6 Å². The van der Waals surface area contributed by atoms with Crippen LogP contribution in [-0.2, 0) is 26.8 Å². The number of benzene rings is 1. The van der Waals surface area contributed by atoms with Crippen molar-refractivity contribution in [3.63, 3.8) is 0 Å². The minimum absolute atomic E-state index is 0.0919. The van der Waals surface area contributed by atoms with E-state index in [1.807, 2.05) is 0 Å². The number of amides is 1. The van der Waals surface area contributed by atoms with Gasteiger partial charge in [-0.25, -0.2) is 8.42 Å². The average Bonchev–Trinajstić information content (AvgIpc) is 3.23. The lowest BCUT2D eigenvalue weighted by Gasteiger charge is -2.43. The topological polar surface area (TPSA) is 84.9 Å². The normalized spacial score (nSPS) is 19.0. The highest BCUT2D eigenvalue weighted by Gasteiger charge is 2.44. The molecule has 1 aromatic heterocycles. The third-order valence-electron chi connectivity index (χ3n) is 5.72. The Bertz CT molecular complexity index is 1020. The maximum Gasteiger partial charge on any atom is 0.254 e. The summed E-state index contributed by atoms with van der Waals surface area (Å²) in [6, 6.07) is 6.53. The summed E-state index contributed by atoms with van der Waals surface area (Å²) in [7, 11) is -0.781. The quantitative estimate of drug-likeness (QED) is 0.795. The van der Waals surface area contributed by atoms with E-state index >= 15 is 0 Å². The van der Waals surface area contributed by atoms with Crippen LogP contribution in [0.25, 0.3) is 0 Å². The number of sulfonamides is 1. The molecule has 2 aliphatic rings. The lowest BCUT2D eigenvalue weighted by Crippen LogP contribution is -2.47. The number of nitrogens with zero attached hydrogens (tertiary/aromatic N) is 1. The van der Waals surface area contributed by atoms with Crippen LogP contribution in [0.5, 0.6) is 5.75 Å². The van der Waals surface area contributed by atoms with Gasteiger partial charge in [-0.15, -0.1) is 11.3 Å². The third-order valence-corrected chi connectivity index (χ3v) is 8.76. The van der Waals surface area contributed by atoms with Crippen molar-refractivity contribution in [2.45, 2.75) is 29.8 Å². The summed E-state index contributed by atoms with van der Waals surface area (Å²) in [5.41, 5.74) is 1.15. The Morgan fingerprint density at radius 1 is 1.28 bits per heavy atom. The molecule has 156 valence electrons. The summed E-state index contributed by atoms with van der Waals surface area (Å²) >= 11 is 1.70. The van der Waals surface area contributed by atoms with Gasteiger partial charge >= 0.3 is 0 Å². The number of piperidine rings is 1. The van der Waals surface area contributed by atoms with Crippen molar-refractivity contribution in [2.24, 2.45) is 0 Å². The standard InChI is InChI=1S/C20H24N2O5S2/c1-21-19(23)16-13-15(3-4-17(16)26-2)29(24,25)22-9-7-20(8-10-22)18-14(5-11-27-20)6-12-28-18/h3-4,6,12-13H,5,7-11H2,1-2H3,(H,21,23). The number of hydrogen-bond acceptors (Lipinski definition) is 6. The zero-order valence-corrected chi connectivity index (χ0v) is 18.1. The van der Waals surface area contributed by atoms with Crippen molar-refractivity contribution >= 4 is 27.3 Å². The molecule has 1 aromatic carbocycles. The van der Waals surface area contributed by atoms with Crippen LogP contribution in [0.15, 0.2) is 34.5 Å². The van der Waals surface area contributed by atoms with Crippen LogP contribution in [0, 0.1) is 0 Å². The number of carbonyl (C=O) groups excluding carboxylic acids is 1. The molecule has 0 atom stereocenters. The predicted octanol–water partition coefficient (Wildman–Crippen LogP) is 2.37. The molecular weight excluding hydrogens is 412 g/mol. The second kappa shape index (κ2) is 7.71. The van der Waals surface area contributed by atoms with Crippen molar-refractivity contribution in [1.29, 1.82) is 0 Å². The van der Waals surface area contributed by atoms with Gasteiger partial charge in [0.15, 0.2) is 0 Å². The lowest BCUT2D eigenvalue weighted by molar-refractivity contribution is -0.0861. The number of thiophene rings is 1. The molecule has 1 amide bonds. The van der Waals surface area contributed by atoms with Crippen molar-refractivity contribution in [2.75, 3.05) is 33.9 Å². The summed E-state index contributed by atoms with van der Waals surface area (Å²) in [5.74, 6) is -0.0564. The van der Waals surface area contributed by atoms with Crippen molar-refractivity contribution < 1.29 is 22.7 Å². The SMILES string of the molecule is CNC(=O)c1cc(S(=O)(=O)N2CCC3(CC2)OCCc2ccsc23)ccc1OC. The van der Waals surface area contributed by atoms with E-state index in [1.54, 1.807) is 11.3 Å². The number of ether oxygens (including phenoxy) is 2. The minimum Gasteiger partial charge on any atom is -0.496 e. The number of nitrogens with one attached hydrogen (secondary N) is 1. The Morgan fingerprint density at radius 2 is 2.03 bits per heavy atom. The van der Waals surface area contributed by atoms with Crippen molar-refractivity contribution in [3.05, 3.63) is 45.6 Å². The van der Waals surface area contributed by atoms with Crippen LogP contribution >= 0.6 is 11.3 Å². The Morgan fingerprint density at radius 3 is 2.72 bits per heavy atom. The van der Waals surface area contributed by atoms with Gasteiger partial charge in [0, 0.05) is 25.0 Å². The zero-order chi connectivity index (χ0) is 20.6. The van der Waals surface area contributed by atoms with Gasteiger partial charge in [0.25, 0.3) is 5.91 Å². The Hall–Kier alpha value is -1.94. The largest absolute Gasteiger partial charge is 0.496 e. The van der Waals surface area contributed by atoms with E-state index in [9.17, 15) is 13.2 Å². The summed E-state index contributed by atoms with van der Waals surface area (Å²) in [6.45, 7) is 1.42. The van der Waals surface area contributed by atoms with Crippen LogP contribution in [0.2, 0.25) is 0 Å². The van der Waals surface area contributed by atoms with E-state index in [1.165, 1.54) is 47.1 Å². The summed E-state index contributed by atoms with van der Waals surface area (Å²) in [6.07, 6.45) is 2.16. The van der Waals surface area contributed by atoms with Gasteiger partial charge in [0.2, 0.25) is 10.0 Å². The van der Waals surface area contributed by atoms with Crippen LogP contribution in [0.3, 0.4) is 0 Å². The first-order valence-corrected chi connectivity index (χ1v) is 11.8. The number of carbonyl (C=O) groups is 1. The van der Waals surface area contributed by atoms with E-state index in [0.717, 1.165) is 6.42 Å². The van der Waals surface area contributed by atoms with E-state index in [-0.39, 0.29) is 16.1 Å². The van der Waals surface area contributed by atoms with E-state index in [2.05, 4.69) is 16.8 Å². The first kappa shape index (κ1) is 20.3. The molecule has 2 aliphatic heterocycles. The second-order valence-corrected chi connectivity index (χ2v) is 10.1. The fourth-order valence-corrected chi connectivity index (χ4v) is 6.76. The molecule has 0 unspecified atom stereocenters. The zero-order valence-electron chi connectivity index (χ0n) is 16.4. The Kier molecular flexibility index (Phi) is 5.41. The molecule has 1 fully saturated rings. The van der Waals surface area contributed by atoms with Crippen LogP contribution < -0.4 is 10.1 Å². The van der Waals surface area contributed by atoms with E-state index in [0.29, 0.717) is 38.3 Å². The van der Waals surface area contributed by atoms with Crippen LogP contribution in [-0.4, -0.2) is 52.5 Å². The molecule has 7 nitrogen and oxygen atoms in total. The number of hydrogen-bond donors (Lipinski definition) is 1. The van der Waals surface area contributed by atoms with Crippen LogP contribution in [0.4, 0.5) is 0 Å². The predicted molar refractivity (Wildman–Crippen MR) is 110 cm³/mol.